The van der Waals surface area contributed by atoms with Gasteiger partial charge >= 0.3 is 0 Å². The van der Waals surface area contributed by atoms with Gasteiger partial charge in [0.2, 0.25) is 11.8 Å². The number of hydrogen-bond acceptors (Lipinski definition) is 2. The second-order valence-electron chi connectivity index (χ2n) is 6.33. The SMILES string of the molecule is CC(C)(C)C(=O)NCCC(=O)Nc1cccc2ccccc12. The molecule has 0 aliphatic carbocycles. The summed E-state index contributed by atoms with van der Waals surface area (Å²) in [6.45, 7) is 5.88. The molecule has 2 aromatic rings. The third-order valence-electron chi connectivity index (χ3n) is 3.38. The molecule has 4 nitrogen and oxygen atoms in total. The Kier molecular flexibility index (Phi) is 4.81. The van der Waals surface area contributed by atoms with E-state index in [9.17, 15) is 9.59 Å². The first-order valence-corrected chi connectivity index (χ1v) is 7.44. The van der Waals surface area contributed by atoms with E-state index in [0.29, 0.717) is 6.54 Å². The van der Waals surface area contributed by atoms with Crippen LogP contribution in [-0.4, -0.2) is 18.4 Å². The van der Waals surface area contributed by atoms with Gasteiger partial charge in [-0.2, -0.15) is 0 Å². The van der Waals surface area contributed by atoms with Gasteiger partial charge in [-0.3, -0.25) is 9.59 Å². The van der Waals surface area contributed by atoms with Gasteiger partial charge in [0.25, 0.3) is 0 Å². The number of anilines is 1. The quantitative estimate of drug-likeness (QED) is 0.909. The summed E-state index contributed by atoms with van der Waals surface area (Å²) >= 11 is 0. The van der Waals surface area contributed by atoms with Crippen LogP contribution in [-0.2, 0) is 9.59 Å². The summed E-state index contributed by atoms with van der Waals surface area (Å²) in [4.78, 5) is 23.8. The molecule has 2 amide bonds. The fourth-order valence-corrected chi connectivity index (χ4v) is 2.10. The molecule has 0 unspecified atom stereocenters. The standard InChI is InChI=1S/C18H22N2O2/c1-18(2,3)17(22)19-12-11-16(21)20-15-10-6-8-13-7-4-5-9-14(13)15/h4-10H,11-12H2,1-3H3,(H,19,22)(H,20,21). The average Bonchev–Trinajstić information content (AvgIpc) is 2.46. The zero-order valence-corrected chi connectivity index (χ0v) is 13.3. The second kappa shape index (κ2) is 6.60. The molecular formula is C18H22N2O2. The smallest absolute Gasteiger partial charge is 0.226 e. The Morgan fingerprint density at radius 2 is 1.68 bits per heavy atom. The van der Waals surface area contributed by atoms with Crippen molar-refractivity contribution in [1.29, 1.82) is 0 Å². The van der Waals surface area contributed by atoms with Gasteiger partial charge in [-0.15, -0.1) is 0 Å². The Labute approximate surface area is 130 Å². The van der Waals surface area contributed by atoms with Crippen LogP contribution in [0.15, 0.2) is 42.5 Å². The molecule has 0 atom stereocenters. The number of nitrogens with one attached hydrogen (secondary N) is 2. The Bertz CT molecular complexity index is 682. The Hall–Kier alpha value is -2.36. The Balaban J connectivity index is 1.93. The zero-order valence-electron chi connectivity index (χ0n) is 13.3. The summed E-state index contributed by atoms with van der Waals surface area (Å²) in [5, 5.41) is 7.78. The molecule has 4 heteroatoms. The minimum atomic E-state index is -0.438. The maximum Gasteiger partial charge on any atom is 0.226 e. The molecule has 0 saturated heterocycles. The van der Waals surface area contributed by atoms with Gasteiger partial charge in [0, 0.05) is 29.5 Å². The van der Waals surface area contributed by atoms with E-state index in [1.165, 1.54) is 0 Å². The van der Waals surface area contributed by atoms with Crippen LogP contribution < -0.4 is 10.6 Å². The predicted octanol–water partition coefficient (Wildman–Crippen LogP) is 3.33. The topological polar surface area (TPSA) is 58.2 Å². The largest absolute Gasteiger partial charge is 0.355 e. The Morgan fingerprint density at radius 3 is 2.41 bits per heavy atom. The maximum atomic E-state index is 12.0. The van der Waals surface area contributed by atoms with Gasteiger partial charge in [0.1, 0.15) is 0 Å². The molecule has 2 rings (SSSR count). The molecule has 0 saturated carbocycles. The van der Waals surface area contributed by atoms with Crippen molar-refractivity contribution in [2.24, 2.45) is 5.41 Å². The lowest BCUT2D eigenvalue weighted by atomic mass is 9.96. The van der Waals surface area contributed by atoms with Gasteiger partial charge in [0.15, 0.2) is 0 Å². The van der Waals surface area contributed by atoms with E-state index < -0.39 is 5.41 Å². The van der Waals surface area contributed by atoms with Crippen LogP contribution in [0.2, 0.25) is 0 Å². The molecule has 116 valence electrons. The first-order valence-electron chi connectivity index (χ1n) is 7.44. The number of rotatable bonds is 4. The van der Waals surface area contributed by atoms with Crippen LogP contribution in [0, 0.1) is 5.41 Å². The zero-order chi connectivity index (χ0) is 16.2. The van der Waals surface area contributed by atoms with E-state index in [1.807, 2.05) is 63.2 Å². The number of amides is 2. The lowest BCUT2D eigenvalue weighted by Crippen LogP contribution is -2.36. The summed E-state index contributed by atoms with van der Waals surface area (Å²) in [6, 6.07) is 13.7. The van der Waals surface area contributed by atoms with Crippen molar-refractivity contribution in [2.75, 3.05) is 11.9 Å². The molecule has 0 fully saturated rings. The Morgan fingerprint density at radius 1 is 1.00 bits per heavy atom. The highest BCUT2D eigenvalue weighted by atomic mass is 16.2. The van der Waals surface area contributed by atoms with E-state index >= 15 is 0 Å². The second-order valence-corrected chi connectivity index (χ2v) is 6.33. The summed E-state index contributed by atoms with van der Waals surface area (Å²) in [5.41, 5.74) is 0.358. The van der Waals surface area contributed by atoms with Gasteiger partial charge in [-0.25, -0.2) is 0 Å². The fraction of sp³-hybridized carbons (Fsp3) is 0.333. The van der Waals surface area contributed by atoms with Crippen LogP contribution in [0.5, 0.6) is 0 Å². The highest BCUT2D eigenvalue weighted by molar-refractivity contribution is 6.02. The fourth-order valence-electron chi connectivity index (χ4n) is 2.10. The molecule has 0 spiro atoms. The van der Waals surface area contributed by atoms with Crippen molar-refractivity contribution in [3.63, 3.8) is 0 Å². The van der Waals surface area contributed by atoms with Crippen LogP contribution in [0.4, 0.5) is 5.69 Å². The molecule has 0 radical (unpaired) electrons. The highest BCUT2D eigenvalue weighted by Crippen LogP contribution is 2.22. The summed E-state index contributed by atoms with van der Waals surface area (Å²) in [5.74, 6) is -0.156. The van der Waals surface area contributed by atoms with Crippen molar-refractivity contribution in [1.82, 2.24) is 5.32 Å². The lowest BCUT2D eigenvalue weighted by Gasteiger charge is -2.17. The number of hydrogen-bond donors (Lipinski definition) is 2. The van der Waals surface area contributed by atoms with Gasteiger partial charge in [-0.05, 0) is 11.5 Å². The third-order valence-corrected chi connectivity index (χ3v) is 3.38. The van der Waals surface area contributed by atoms with E-state index in [2.05, 4.69) is 10.6 Å². The summed E-state index contributed by atoms with van der Waals surface area (Å²) in [6.07, 6.45) is 0.255. The van der Waals surface area contributed by atoms with E-state index in [-0.39, 0.29) is 18.2 Å². The number of carbonyl (C=O) groups is 2. The summed E-state index contributed by atoms with van der Waals surface area (Å²) < 4.78 is 0. The number of fused-ring (bicyclic) bond motifs is 1. The molecular weight excluding hydrogens is 276 g/mol. The van der Waals surface area contributed by atoms with Crippen LogP contribution in [0.25, 0.3) is 10.8 Å². The molecule has 0 aromatic heterocycles. The lowest BCUT2D eigenvalue weighted by molar-refractivity contribution is -0.128. The van der Waals surface area contributed by atoms with Crippen molar-refractivity contribution in [2.45, 2.75) is 27.2 Å². The molecule has 2 N–H and O–H groups in total. The predicted molar refractivity (Wildman–Crippen MR) is 89.7 cm³/mol. The van der Waals surface area contributed by atoms with E-state index in [1.54, 1.807) is 0 Å². The van der Waals surface area contributed by atoms with Crippen molar-refractivity contribution in [3.05, 3.63) is 42.5 Å². The molecule has 0 bridgehead atoms. The van der Waals surface area contributed by atoms with Crippen LogP contribution in [0.3, 0.4) is 0 Å². The van der Waals surface area contributed by atoms with Crippen LogP contribution in [0.1, 0.15) is 27.2 Å². The highest BCUT2D eigenvalue weighted by Gasteiger charge is 2.20. The normalized spacial score (nSPS) is 11.2. The molecule has 0 aliphatic rings. The maximum absolute atomic E-state index is 12.0. The van der Waals surface area contributed by atoms with Crippen molar-refractivity contribution in [3.8, 4) is 0 Å². The number of carbonyl (C=O) groups excluding carboxylic acids is 2. The third kappa shape index (κ3) is 4.07. The van der Waals surface area contributed by atoms with Gasteiger partial charge in [0.05, 0.1) is 0 Å². The first kappa shape index (κ1) is 16.0. The van der Waals surface area contributed by atoms with Crippen molar-refractivity contribution < 1.29 is 9.59 Å². The van der Waals surface area contributed by atoms with Crippen molar-refractivity contribution >= 4 is 28.3 Å². The average molecular weight is 298 g/mol. The monoisotopic (exact) mass is 298 g/mol. The number of benzene rings is 2. The van der Waals surface area contributed by atoms with Gasteiger partial charge < -0.3 is 10.6 Å². The minimum absolute atomic E-state index is 0.0505. The molecule has 0 aliphatic heterocycles. The minimum Gasteiger partial charge on any atom is -0.355 e. The molecule has 22 heavy (non-hydrogen) atoms. The van der Waals surface area contributed by atoms with E-state index in [0.717, 1.165) is 16.5 Å². The first-order chi connectivity index (χ1) is 10.4. The molecule has 2 aromatic carbocycles. The summed E-state index contributed by atoms with van der Waals surface area (Å²) in [7, 11) is 0. The molecule has 0 heterocycles. The van der Waals surface area contributed by atoms with E-state index in [4.69, 9.17) is 0 Å². The van der Waals surface area contributed by atoms with Gasteiger partial charge in [-0.1, -0.05) is 57.2 Å². The van der Waals surface area contributed by atoms with Crippen LogP contribution >= 0.6 is 0 Å².